The normalized spacial score (nSPS) is 14.2. The molecule has 0 radical (unpaired) electrons. The van der Waals surface area contributed by atoms with Crippen LogP contribution in [0.25, 0.3) is 21.3 Å². The van der Waals surface area contributed by atoms with Crippen molar-refractivity contribution in [1.29, 1.82) is 0 Å². The van der Waals surface area contributed by atoms with Crippen LogP contribution in [0.5, 0.6) is 0 Å². The van der Waals surface area contributed by atoms with E-state index in [1.165, 1.54) is 23.3 Å². The molecule has 1 saturated carbocycles. The lowest BCUT2D eigenvalue weighted by Crippen LogP contribution is -1.99. The molecule has 0 aromatic carbocycles. The summed E-state index contributed by atoms with van der Waals surface area (Å²) < 4.78 is 2.32. The van der Waals surface area contributed by atoms with E-state index in [0.29, 0.717) is 6.04 Å². The van der Waals surface area contributed by atoms with E-state index in [2.05, 4.69) is 54.5 Å². The summed E-state index contributed by atoms with van der Waals surface area (Å²) in [6.45, 7) is 0. The first-order valence-electron chi connectivity index (χ1n) is 7.97. The molecule has 0 aliphatic heterocycles. The third-order valence-electron chi connectivity index (χ3n) is 3.99. The van der Waals surface area contributed by atoms with E-state index in [-0.39, 0.29) is 0 Å². The third kappa shape index (κ3) is 3.19. The van der Waals surface area contributed by atoms with Crippen molar-refractivity contribution in [1.82, 2.24) is 19.7 Å². The molecular weight excluding hydrogens is 388 g/mol. The quantitative estimate of drug-likeness (QED) is 0.381. The number of aromatic nitrogens is 4. The maximum absolute atomic E-state index is 4.76. The van der Waals surface area contributed by atoms with Gasteiger partial charge in [-0.1, -0.05) is 17.8 Å². The standard InChI is InChI=1S/C17H14N4S4/c1-2-14(23-6-1)15-19-20-17(21(15)13-3-4-13)25-10-12-9-24-16(18-12)11-5-7-22-8-11/h1-2,5-9,13H,3-4,10H2. The van der Waals surface area contributed by atoms with Crippen molar-refractivity contribution in [3.05, 3.63) is 45.4 Å². The summed E-state index contributed by atoms with van der Waals surface area (Å²) in [6.07, 6.45) is 2.45. The molecule has 8 heteroatoms. The van der Waals surface area contributed by atoms with Gasteiger partial charge in [0.2, 0.25) is 0 Å². The fraction of sp³-hybridized carbons (Fsp3) is 0.235. The Morgan fingerprint density at radius 1 is 1.12 bits per heavy atom. The number of nitrogens with zero attached hydrogens (tertiary/aromatic N) is 4. The summed E-state index contributed by atoms with van der Waals surface area (Å²) in [7, 11) is 0. The van der Waals surface area contributed by atoms with Crippen molar-refractivity contribution in [3.8, 4) is 21.3 Å². The van der Waals surface area contributed by atoms with Gasteiger partial charge in [0.1, 0.15) is 5.01 Å². The SMILES string of the molecule is c1csc(-c2nnc(SCc3csc(-c4ccsc4)n3)n2C2CC2)c1. The predicted octanol–water partition coefficient (Wildman–Crippen LogP) is 5.82. The Kier molecular flexibility index (Phi) is 4.21. The van der Waals surface area contributed by atoms with Crippen LogP contribution in [0.3, 0.4) is 0 Å². The van der Waals surface area contributed by atoms with Crippen LogP contribution in [0.2, 0.25) is 0 Å². The van der Waals surface area contributed by atoms with E-state index in [0.717, 1.165) is 27.4 Å². The topological polar surface area (TPSA) is 43.6 Å². The van der Waals surface area contributed by atoms with E-state index in [1.54, 1.807) is 45.8 Å². The Balaban J connectivity index is 1.36. The summed E-state index contributed by atoms with van der Waals surface area (Å²) in [5, 5.41) is 19.5. The van der Waals surface area contributed by atoms with Crippen molar-refractivity contribution < 1.29 is 0 Å². The zero-order valence-corrected chi connectivity index (χ0v) is 16.4. The predicted molar refractivity (Wildman–Crippen MR) is 107 cm³/mol. The molecule has 0 atom stereocenters. The molecule has 0 spiro atoms. The van der Waals surface area contributed by atoms with Gasteiger partial charge in [-0.25, -0.2) is 4.98 Å². The van der Waals surface area contributed by atoms with Crippen LogP contribution in [0.1, 0.15) is 24.6 Å². The first kappa shape index (κ1) is 15.7. The van der Waals surface area contributed by atoms with Gasteiger partial charge in [-0.05, 0) is 35.7 Å². The van der Waals surface area contributed by atoms with Gasteiger partial charge < -0.3 is 0 Å². The minimum absolute atomic E-state index is 0.561. The minimum Gasteiger partial charge on any atom is -0.298 e. The van der Waals surface area contributed by atoms with Crippen LogP contribution >= 0.6 is 45.8 Å². The van der Waals surface area contributed by atoms with Gasteiger partial charge in [-0.15, -0.1) is 32.9 Å². The highest BCUT2D eigenvalue weighted by molar-refractivity contribution is 7.98. The first-order valence-corrected chi connectivity index (χ1v) is 11.7. The van der Waals surface area contributed by atoms with E-state index in [4.69, 9.17) is 4.98 Å². The molecule has 1 fully saturated rings. The maximum atomic E-state index is 4.76. The average molecular weight is 403 g/mol. The highest BCUT2D eigenvalue weighted by Gasteiger charge is 2.30. The van der Waals surface area contributed by atoms with Gasteiger partial charge in [0.15, 0.2) is 11.0 Å². The number of thiazole rings is 1. The second kappa shape index (κ2) is 6.68. The lowest BCUT2D eigenvalue weighted by atomic mass is 10.4. The Hall–Kier alpha value is -1.48. The van der Waals surface area contributed by atoms with Gasteiger partial charge in [0, 0.05) is 28.1 Å². The summed E-state index contributed by atoms with van der Waals surface area (Å²) in [5.74, 6) is 1.84. The van der Waals surface area contributed by atoms with E-state index >= 15 is 0 Å². The molecule has 1 aliphatic rings. The Morgan fingerprint density at radius 2 is 2.08 bits per heavy atom. The number of thioether (sulfide) groups is 1. The molecule has 1 aliphatic carbocycles. The second-order valence-electron chi connectivity index (χ2n) is 5.83. The molecule has 4 heterocycles. The summed E-state index contributed by atoms with van der Waals surface area (Å²) in [6, 6.07) is 6.87. The highest BCUT2D eigenvalue weighted by atomic mass is 32.2. The van der Waals surface area contributed by atoms with Crippen LogP contribution in [0.4, 0.5) is 0 Å². The largest absolute Gasteiger partial charge is 0.298 e. The Bertz CT molecular complexity index is 965. The fourth-order valence-electron chi connectivity index (χ4n) is 2.64. The molecule has 0 N–H and O–H groups in total. The summed E-state index contributed by atoms with van der Waals surface area (Å²) >= 11 is 6.88. The second-order valence-corrected chi connectivity index (χ2v) is 9.36. The zero-order valence-electron chi connectivity index (χ0n) is 13.2. The monoisotopic (exact) mass is 402 g/mol. The van der Waals surface area contributed by atoms with E-state index in [9.17, 15) is 0 Å². The molecule has 0 amide bonds. The van der Waals surface area contributed by atoms with Crippen LogP contribution in [0, 0.1) is 0 Å². The molecule has 5 rings (SSSR count). The number of hydrogen-bond acceptors (Lipinski definition) is 7. The molecule has 0 saturated heterocycles. The third-order valence-corrected chi connectivity index (χ3v) is 7.45. The molecule has 126 valence electrons. The van der Waals surface area contributed by atoms with Crippen molar-refractivity contribution in [3.63, 3.8) is 0 Å². The van der Waals surface area contributed by atoms with Gasteiger partial charge in [0.25, 0.3) is 0 Å². The molecule has 0 bridgehead atoms. The zero-order chi connectivity index (χ0) is 16.6. The Labute approximate surface area is 161 Å². The van der Waals surface area contributed by atoms with E-state index in [1.807, 2.05) is 0 Å². The molecule has 4 aromatic rings. The maximum Gasteiger partial charge on any atom is 0.192 e. The van der Waals surface area contributed by atoms with Crippen LogP contribution in [0.15, 0.2) is 44.9 Å². The minimum atomic E-state index is 0.561. The smallest absolute Gasteiger partial charge is 0.192 e. The fourth-order valence-corrected chi connectivity index (χ4v) is 5.88. The number of thiophene rings is 2. The molecule has 4 aromatic heterocycles. The molecule has 25 heavy (non-hydrogen) atoms. The molecular formula is C17H14N4S4. The lowest BCUT2D eigenvalue weighted by Gasteiger charge is -2.06. The van der Waals surface area contributed by atoms with Crippen molar-refractivity contribution in [2.75, 3.05) is 0 Å². The van der Waals surface area contributed by atoms with Crippen LogP contribution in [-0.2, 0) is 5.75 Å². The first-order chi connectivity index (χ1) is 12.4. The summed E-state index contributed by atoms with van der Waals surface area (Å²) in [4.78, 5) is 5.96. The summed E-state index contributed by atoms with van der Waals surface area (Å²) in [5.41, 5.74) is 2.33. The average Bonchev–Trinajstić information content (AvgIpc) is 3.16. The Morgan fingerprint density at radius 3 is 2.84 bits per heavy atom. The van der Waals surface area contributed by atoms with Crippen molar-refractivity contribution in [2.24, 2.45) is 0 Å². The van der Waals surface area contributed by atoms with Crippen molar-refractivity contribution in [2.45, 2.75) is 29.8 Å². The van der Waals surface area contributed by atoms with E-state index < -0.39 is 0 Å². The van der Waals surface area contributed by atoms with Gasteiger partial charge >= 0.3 is 0 Å². The molecule has 0 unspecified atom stereocenters. The lowest BCUT2D eigenvalue weighted by molar-refractivity contribution is 0.670. The highest BCUT2D eigenvalue weighted by Crippen LogP contribution is 2.42. The number of rotatable bonds is 6. The van der Waals surface area contributed by atoms with Crippen LogP contribution in [-0.4, -0.2) is 19.7 Å². The van der Waals surface area contributed by atoms with Crippen molar-refractivity contribution >= 4 is 45.8 Å². The van der Waals surface area contributed by atoms with Gasteiger partial charge in [-0.2, -0.15) is 11.3 Å². The van der Waals surface area contributed by atoms with Gasteiger partial charge in [0.05, 0.1) is 10.6 Å². The van der Waals surface area contributed by atoms with Crippen LogP contribution < -0.4 is 0 Å². The molecule has 4 nitrogen and oxygen atoms in total. The number of hydrogen-bond donors (Lipinski definition) is 0. The van der Waals surface area contributed by atoms with Gasteiger partial charge in [-0.3, -0.25) is 4.57 Å².